The predicted molar refractivity (Wildman–Crippen MR) is 315 cm³/mol. The van der Waals surface area contributed by atoms with Crippen molar-refractivity contribution in [3.63, 3.8) is 0 Å². The Labute approximate surface area is 582 Å². The van der Waals surface area contributed by atoms with E-state index in [4.69, 9.17) is 71.1 Å². The number of hydrogen-bond donors (Lipinski definition) is 27. The molecule has 8 aliphatic rings. The van der Waals surface area contributed by atoms with Gasteiger partial charge in [-0.1, -0.05) is 0 Å². The number of aliphatic hydroxyl groups excluding tert-OH is 23. The van der Waals surface area contributed by atoms with E-state index in [9.17, 15) is 142 Å². The summed E-state index contributed by atoms with van der Waals surface area (Å²) in [6, 6.07) is -5.53. The SMILES string of the molecule is CC(=O)N[C@H]1[C@H](O[C@@H]2[C@H](O)[C@H](O[C@H]3[C@H](O)[C@@H](O)C(O)O[C@@H]3CO)O[C@H](CO[C@@H]3O[C@H](CO)[C@@H](O[C@@H]4O[C@H](CO)[C@H](O)[C@H](O)[C@H]4O)[C@H](O[C@@H]4O[C@@H](C)[C@@H](O)[C@@H](O)[C@@H]4O)[C@H]3NC(C)=O)[C@H]2O)O[C@H](CO)[C@@H](O[C@@H]2O[C@H](CO[C@]3(C(=O)O)C[C@H](O)[C@@H](NC(C)=O)[C@H]([C@H](O)[C@H](O)CO)O3)[C@H](O)[C@H](O)[C@H]2O)[C@@H]1O. The third-order valence-electron chi connectivity index (χ3n) is 18.8. The maximum Gasteiger partial charge on any atom is 0.364 e. The van der Waals surface area contributed by atoms with Crippen molar-refractivity contribution in [2.75, 3.05) is 46.2 Å². The van der Waals surface area contributed by atoms with E-state index in [-0.39, 0.29) is 0 Å². The molecule has 0 aliphatic carbocycles. The molecule has 8 rings (SSSR count). The number of amides is 3. The molecule has 0 aromatic heterocycles. The highest BCUT2D eigenvalue weighted by molar-refractivity contribution is 5.77. The number of aliphatic hydroxyl groups is 23. The molecule has 596 valence electrons. The lowest BCUT2D eigenvalue weighted by Crippen LogP contribution is -2.70. The zero-order valence-corrected chi connectivity index (χ0v) is 55.2. The van der Waals surface area contributed by atoms with Gasteiger partial charge in [-0.2, -0.15) is 0 Å². The number of carboxylic acids is 1. The minimum Gasteiger partial charge on any atom is -0.477 e. The molecule has 46 nitrogen and oxygen atoms in total. The summed E-state index contributed by atoms with van der Waals surface area (Å²) in [7, 11) is 0. The number of carboxylic acid groups (broad SMARTS) is 1. The van der Waals surface area contributed by atoms with Crippen molar-refractivity contribution >= 4 is 23.7 Å². The van der Waals surface area contributed by atoms with E-state index in [1.54, 1.807) is 0 Å². The summed E-state index contributed by atoms with van der Waals surface area (Å²) in [5.74, 6) is -7.83. The van der Waals surface area contributed by atoms with Crippen LogP contribution in [-0.4, -0.2) is 444 Å². The number of nitrogens with one attached hydrogen (secondary N) is 3. The van der Waals surface area contributed by atoms with Gasteiger partial charge in [0.05, 0.1) is 64.5 Å². The average Bonchev–Trinajstić information content (AvgIpc) is 0.773. The van der Waals surface area contributed by atoms with Gasteiger partial charge in [0, 0.05) is 27.2 Å². The van der Waals surface area contributed by atoms with Gasteiger partial charge in [0.15, 0.2) is 44.0 Å². The molecule has 103 heavy (non-hydrogen) atoms. The van der Waals surface area contributed by atoms with E-state index >= 15 is 0 Å². The first-order valence-electron chi connectivity index (χ1n) is 32.6. The van der Waals surface area contributed by atoms with Gasteiger partial charge < -0.3 is 210 Å². The van der Waals surface area contributed by atoms with E-state index in [0.717, 1.165) is 20.8 Å². The quantitative estimate of drug-likeness (QED) is 0.0363. The zero-order chi connectivity index (χ0) is 76.3. The van der Waals surface area contributed by atoms with Gasteiger partial charge in [-0.05, 0) is 6.92 Å². The minimum absolute atomic E-state index is 0.824. The molecule has 27 N–H and O–H groups in total. The van der Waals surface area contributed by atoms with E-state index < -0.39 is 327 Å². The summed E-state index contributed by atoms with van der Waals surface area (Å²) >= 11 is 0. The van der Waals surface area contributed by atoms with Gasteiger partial charge in [0.1, 0.15) is 183 Å². The first-order valence-corrected chi connectivity index (χ1v) is 32.6. The molecule has 8 heterocycles. The second-order valence-electron chi connectivity index (χ2n) is 26.1. The minimum atomic E-state index is -3.06. The summed E-state index contributed by atoms with van der Waals surface area (Å²) < 4.78 is 87.8. The number of carbonyl (C=O) groups is 4. The van der Waals surface area contributed by atoms with Gasteiger partial charge >= 0.3 is 5.97 Å². The summed E-state index contributed by atoms with van der Waals surface area (Å²) in [6.45, 7) is -3.70. The highest BCUT2D eigenvalue weighted by Gasteiger charge is 2.61. The second-order valence-corrected chi connectivity index (χ2v) is 26.1. The first kappa shape index (κ1) is 85.0. The van der Waals surface area contributed by atoms with Gasteiger partial charge in [-0.3, -0.25) is 14.4 Å². The maximum absolute atomic E-state index is 13.2. The Balaban J connectivity index is 1.08. The Kier molecular flexibility index (Phi) is 29.9. The Bertz CT molecular complexity index is 2720. The van der Waals surface area contributed by atoms with E-state index in [0.29, 0.717) is 0 Å². The number of hydrogen-bond acceptors (Lipinski definition) is 42. The standard InChI is InChI=1S/C57H95N3O43/c1-13-28(71)34(77)39(82)52(91-13)101-47-27(60-16(4)68)50(94-22(10-65)45(47)100-53-40(83)35(78)30(73)19(7-62)93-53)89-11-23-32(75)48(42(85)55(96-23)99-44-20(8-63)92-49(86)38(81)37(44)80)102-51-26(59-15(3)67)33(76)43(21(9-64)95-51)98-54-41(84)36(79)31(74)24(97-54)12-90-57(56(87)88)5-17(69)25(58-14(2)66)46(103-57)29(72)18(70)6-61/h13,17-55,61-65,69-86H,5-12H2,1-4H3,(H,58,66)(H,59,67)(H,60,68)(H,87,88)/t13-,17-,18+,19+,20+,21+,22+,23+,24+,25+,26+,27+,28+,29+,30-,31-,32+,33+,34+,35-,36-,37+,38+,39-,40+,41+,42-,43+,44+,45+,46+,47+,48-,49?,50+,51-,52-,53-,54-,55-,57+/m0/s1. The van der Waals surface area contributed by atoms with Gasteiger partial charge in [0.25, 0.3) is 5.79 Å². The van der Waals surface area contributed by atoms with Crippen LogP contribution in [-0.2, 0) is 90.2 Å². The van der Waals surface area contributed by atoms with Crippen LogP contribution in [0.1, 0.15) is 34.1 Å². The summed E-state index contributed by atoms with van der Waals surface area (Å²) in [5, 5.41) is 269. The average molecular weight is 1510 g/mol. The van der Waals surface area contributed by atoms with Crippen LogP contribution in [0.2, 0.25) is 0 Å². The molecule has 46 heteroatoms. The molecule has 3 amide bonds. The molecule has 8 fully saturated rings. The van der Waals surface area contributed by atoms with Crippen molar-refractivity contribution in [3.05, 3.63) is 0 Å². The fourth-order valence-electron chi connectivity index (χ4n) is 13.1. The summed E-state index contributed by atoms with van der Waals surface area (Å²) in [5.41, 5.74) is 0. The van der Waals surface area contributed by atoms with Crippen molar-refractivity contribution in [2.24, 2.45) is 0 Å². The van der Waals surface area contributed by atoms with Crippen LogP contribution in [0.25, 0.3) is 0 Å². The summed E-state index contributed by atoms with van der Waals surface area (Å²) in [6.07, 6.45) is -77.4. The molecule has 0 saturated carbocycles. The van der Waals surface area contributed by atoms with Crippen molar-refractivity contribution in [2.45, 2.75) is 285 Å². The van der Waals surface area contributed by atoms with Crippen molar-refractivity contribution in [1.29, 1.82) is 0 Å². The maximum atomic E-state index is 13.2. The molecule has 41 atom stereocenters. The van der Waals surface area contributed by atoms with Crippen LogP contribution >= 0.6 is 0 Å². The molecular weight excluding hydrogens is 1410 g/mol. The first-order chi connectivity index (χ1) is 48.5. The van der Waals surface area contributed by atoms with Crippen LogP contribution in [0.4, 0.5) is 0 Å². The zero-order valence-electron chi connectivity index (χ0n) is 55.2. The Morgan fingerprint density at radius 3 is 1.39 bits per heavy atom. The Morgan fingerprint density at radius 1 is 0.417 bits per heavy atom. The topological polar surface area (TPSA) is 728 Å². The predicted octanol–water partition coefficient (Wildman–Crippen LogP) is -17.8. The lowest BCUT2D eigenvalue weighted by molar-refractivity contribution is -0.388. The van der Waals surface area contributed by atoms with Crippen molar-refractivity contribution in [1.82, 2.24) is 16.0 Å². The molecule has 0 aromatic rings. The van der Waals surface area contributed by atoms with E-state index in [1.165, 1.54) is 6.92 Å². The van der Waals surface area contributed by atoms with E-state index in [1.807, 2.05) is 0 Å². The van der Waals surface area contributed by atoms with Gasteiger partial charge in [0.2, 0.25) is 17.7 Å². The molecule has 1 unspecified atom stereocenters. The lowest BCUT2D eigenvalue weighted by atomic mass is 9.88. The van der Waals surface area contributed by atoms with Crippen molar-refractivity contribution in [3.8, 4) is 0 Å². The van der Waals surface area contributed by atoms with Crippen LogP contribution in [0.5, 0.6) is 0 Å². The van der Waals surface area contributed by atoms with Crippen LogP contribution in [0.3, 0.4) is 0 Å². The highest BCUT2D eigenvalue weighted by atomic mass is 16.8. The smallest absolute Gasteiger partial charge is 0.364 e. The summed E-state index contributed by atoms with van der Waals surface area (Å²) in [4.78, 5) is 51.3. The number of carbonyl (C=O) groups excluding carboxylic acids is 3. The Hall–Kier alpha value is -3.64. The number of aliphatic carboxylic acids is 1. The van der Waals surface area contributed by atoms with Gasteiger partial charge in [-0.25, -0.2) is 4.79 Å². The molecule has 8 saturated heterocycles. The highest BCUT2D eigenvalue weighted by Crippen LogP contribution is 2.40. The normalized spacial score (nSPS) is 48.3. The fourth-order valence-corrected chi connectivity index (χ4v) is 13.1. The second kappa shape index (κ2) is 36.3. The Morgan fingerprint density at radius 2 is 0.845 bits per heavy atom. The third-order valence-corrected chi connectivity index (χ3v) is 18.8. The largest absolute Gasteiger partial charge is 0.477 e. The van der Waals surface area contributed by atoms with Crippen LogP contribution in [0, 0.1) is 0 Å². The number of ether oxygens (including phenoxy) is 15. The molecule has 8 aliphatic heterocycles. The lowest BCUT2D eigenvalue weighted by Gasteiger charge is -2.51. The molecule has 0 spiro atoms. The van der Waals surface area contributed by atoms with Crippen LogP contribution < -0.4 is 16.0 Å². The fraction of sp³-hybridized carbons (Fsp3) is 0.930. The van der Waals surface area contributed by atoms with Crippen molar-refractivity contribution < 1.29 is 213 Å². The monoisotopic (exact) mass is 1510 g/mol. The van der Waals surface area contributed by atoms with E-state index in [2.05, 4.69) is 16.0 Å². The molecule has 0 aromatic carbocycles. The third kappa shape index (κ3) is 18.6. The van der Waals surface area contributed by atoms with Crippen LogP contribution in [0.15, 0.2) is 0 Å². The molecule has 0 radical (unpaired) electrons. The molecule has 0 bridgehead atoms. The number of rotatable bonds is 27. The molecular formula is C57H95N3O43. The van der Waals surface area contributed by atoms with Gasteiger partial charge in [-0.15, -0.1) is 0 Å².